The summed E-state index contributed by atoms with van der Waals surface area (Å²) in [4.78, 5) is 41.8. The first kappa shape index (κ1) is 30.4. The number of aromatic amines is 1. The van der Waals surface area contributed by atoms with Crippen molar-refractivity contribution in [3.63, 3.8) is 0 Å². The lowest BCUT2D eigenvalue weighted by Crippen LogP contribution is -2.50. The Morgan fingerprint density at radius 3 is 2.49 bits per heavy atom. The molecule has 1 atom stereocenters. The van der Waals surface area contributed by atoms with Gasteiger partial charge in [-0.15, -0.1) is 0 Å². The van der Waals surface area contributed by atoms with Gasteiger partial charge in [0.1, 0.15) is 5.82 Å². The number of nitrogens with zero attached hydrogens (tertiary/aromatic N) is 5. The molecule has 2 aromatic heterocycles. The Morgan fingerprint density at radius 2 is 1.84 bits per heavy atom. The highest BCUT2D eigenvalue weighted by atomic mass is 19.4. The molecule has 2 aliphatic rings. The summed E-state index contributed by atoms with van der Waals surface area (Å²) >= 11 is 0. The molecule has 5 rings (SSSR count). The first-order chi connectivity index (χ1) is 20.2. The minimum atomic E-state index is -4.95. The number of anilines is 3. The van der Waals surface area contributed by atoms with Crippen LogP contribution in [0.4, 0.5) is 34.9 Å². The number of amides is 1. The summed E-state index contributed by atoms with van der Waals surface area (Å²) in [5, 5.41) is 2.55. The maximum absolute atomic E-state index is 15.7. The van der Waals surface area contributed by atoms with Crippen LogP contribution in [-0.2, 0) is 10.9 Å². The van der Waals surface area contributed by atoms with E-state index in [1.165, 1.54) is 24.5 Å². The topological polar surface area (TPSA) is 107 Å². The van der Waals surface area contributed by atoms with E-state index in [2.05, 4.69) is 25.2 Å². The number of H-pyrrole nitrogens is 1. The van der Waals surface area contributed by atoms with Crippen LogP contribution in [0.3, 0.4) is 0 Å². The number of benzene rings is 1. The lowest BCUT2D eigenvalue weighted by molar-refractivity contribution is -0.138. The fourth-order valence-electron chi connectivity index (χ4n) is 5.31. The van der Waals surface area contributed by atoms with E-state index in [1.807, 2.05) is 37.6 Å². The van der Waals surface area contributed by atoms with E-state index < -0.39 is 34.6 Å². The van der Waals surface area contributed by atoms with Crippen LogP contribution in [0, 0.1) is 5.82 Å². The molecule has 43 heavy (non-hydrogen) atoms. The van der Waals surface area contributed by atoms with Crippen molar-refractivity contribution in [1.82, 2.24) is 19.9 Å². The van der Waals surface area contributed by atoms with E-state index in [0.29, 0.717) is 62.6 Å². The van der Waals surface area contributed by atoms with Crippen LogP contribution in [0.15, 0.2) is 41.6 Å². The minimum absolute atomic E-state index is 0.0626. The largest absolute Gasteiger partial charge is 0.417 e. The van der Waals surface area contributed by atoms with Gasteiger partial charge in [0.2, 0.25) is 11.5 Å². The number of morpholine rings is 1. The van der Waals surface area contributed by atoms with Crippen LogP contribution in [0.5, 0.6) is 0 Å². The summed E-state index contributed by atoms with van der Waals surface area (Å²) in [5.74, 6) is -1.26. The van der Waals surface area contributed by atoms with Crippen LogP contribution in [0.25, 0.3) is 11.1 Å². The number of hydrogen-bond donors (Lipinski definition) is 2. The van der Waals surface area contributed by atoms with Gasteiger partial charge in [-0.3, -0.25) is 9.59 Å². The van der Waals surface area contributed by atoms with Gasteiger partial charge in [0.25, 0.3) is 5.91 Å². The second-order valence-electron chi connectivity index (χ2n) is 11.5. The number of alkyl halides is 3. The molecule has 2 N–H and O–H groups in total. The first-order valence-corrected chi connectivity index (χ1v) is 13.8. The fraction of sp³-hybridized carbons (Fsp3) is 0.448. The summed E-state index contributed by atoms with van der Waals surface area (Å²) in [6, 6.07) is 3.07. The third-order valence-electron chi connectivity index (χ3n) is 7.77. The van der Waals surface area contributed by atoms with Gasteiger partial charge < -0.3 is 29.7 Å². The van der Waals surface area contributed by atoms with Crippen molar-refractivity contribution in [3.8, 4) is 11.1 Å². The lowest BCUT2D eigenvalue weighted by atomic mass is 10.0. The molecule has 0 saturated carbocycles. The van der Waals surface area contributed by atoms with Crippen molar-refractivity contribution in [3.05, 3.63) is 64.1 Å². The molecule has 1 aromatic carbocycles. The zero-order chi connectivity index (χ0) is 31.1. The van der Waals surface area contributed by atoms with Crippen molar-refractivity contribution in [1.29, 1.82) is 0 Å². The Bertz CT molecular complexity index is 1560. The van der Waals surface area contributed by atoms with Crippen molar-refractivity contribution >= 4 is 23.2 Å². The Hall–Kier alpha value is -4.04. The zero-order valence-electron chi connectivity index (χ0n) is 24.3. The third-order valence-corrected chi connectivity index (χ3v) is 7.77. The third kappa shape index (κ3) is 6.64. The summed E-state index contributed by atoms with van der Waals surface area (Å²) in [6.45, 7) is 9.26. The number of hydrogen-bond acceptors (Lipinski definition) is 8. The van der Waals surface area contributed by atoms with Crippen LogP contribution >= 0.6 is 0 Å². The second kappa shape index (κ2) is 11.6. The van der Waals surface area contributed by atoms with Gasteiger partial charge >= 0.3 is 6.18 Å². The maximum Gasteiger partial charge on any atom is 0.417 e. The molecule has 0 spiro atoms. The molecular weight excluding hydrogens is 570 g/mol. The number of rotatable bonds is 5. The molecule has 0 bridgehead atoms. The Labute approximate surface area is 245 Å². The SMILES string of the molecule is CC1CN(c2cc(F)c(-c3cnc(N4CCOC(C)(C)C4)nc3)cc2NC(=O)c2c[nH]c(=O)cc2C(F)(F)F)CCN1C. The molecule has 0 radical (unpaired) electrons. The molecular formula is C29H33F4N7O3. The van der Waals surface area contributed by atoms with Crippen LogP contribution in [-0.4, -0.2) is 83.8 Å². The maximum atomic E-state index is 15.7. The highest BCUT2D eigenvalue weighted by molar-refractivity contribution is 6.07. The van der Waals surface area contributed by atoms with Gasteiger partial charge in [-0.1, -0.05) is 0 Å². The summed E-state index contributed by atoms with van der Waals surface area (Å²) < 4.78 is 62.6. The van der Waals surface area contributed by atoms with Crippen LogP contribution < -0.4 is 20.7 Å². The molecule has 1 amide bonds. The number of carbonyl (C=O) groups is 1. The van der Waals surface area contributed by atoms with E-state index in [1.54, 1.807) is 0 Å². The standard InChI is InChI=1S/C29H33F4N7O3/c1-17-15-39(6-5-38(17)4)24-11-22(30)19(18-12-35-27(36-13-18)40-7-8-43-28(2,3)16-40)9-23(24)37-26(42)20-14-34-25(41)10-21(20)29(31,32)33/h9-14,17H,5-8,15-16H2,1-4H3,(H,34,41)(H,37,42). The van der Waals surface area contributed by atoms with E-state index in [4.69, 9.17) is 4.74 Å². The van der Waals surface area contributed by atoms with Crippen LogP contribution in [0.2, 0.25) is 0 Å². The average molecular weight is 604 g/mol. The van der Waals surface area contributed by atoms with Gasteiger partial charge in [0, 0.05) is 74.5 Å². The monoisotopic (exact) mass is 603 g/mol. The molecule has 1 unspecified atom stereocenters. The van der Waals surface area contributed by atoms with Gasteiger partial charge in [-0.2, -0.15) is 13.2 Å². The van der Waals surface area contributed by atoms with Gasteiger partial charge in [0.15, 0.2) is 0 Å². The molecule has 2 aliphatic heterocycles. The zero-order valence-corrected chi connectivity index (χ0v) is 24.3. The molecule has 10 nitrogen and oxygen atoms in total. The van der Waals surface area contributed by atoms with Crippen molar-refractivity contribution in [2.45, 2.75) is 38.6 Å². The van der Waals surface area contributed by atoms with Crippen molar-refractivity contribution in [2.75, 3.05) is 61.5 Å². The van der Waals surface area contributed by atoms with E-state index in [9.17, 15) is 22.8 Å². The van der Waals surface area contributed by atoms with Gasteiger partial charge in [0.05, 0.1) is 34.7 Å². The van der Waals surface area contributed by atoms with E-state index in [-0.39, 0.29) is 22.9 Å². The van der Waals surface area contributed by atoms with Gasteiger partial charge in [-0.05, 0) is 40.0 Å². The normalized spacial score (nSPS) is 19.4. The van der Waals surface area contributed by atoms with Gasteiger partial charge in [-0.25, -0.2) is 14.4 Å². The van der Waals surface area contributed by atoms with E-state index in [0.717, 1.165) is 6.20 Å². The highest BCUT2D eigenvalue weighted by Crippen LogP contribution is 2.37. The smallest absolute Gasteiger partial charge is 0.372 e. The number of carbonyl (C=O) groups excluding carboxylic acids is 1. The molecule has 14 heteroatoms. The molecule has 0 aliphatic carbocycles. The highest BCUT2D eigenvalue weighted by Gasteiger charge is 2.36. The van der Waals surface area contributed by atoms with Crippen molar-refractivity contribution < 1.29 is 27.1 Å². The average Bonchev–Trinajstić information content (AvgIpc) is 2.94. The second-order valence-corrected chi connectivity index (χ2v) is 11.5. The molecule has 3 aromatic rings. The number of pyridine rings is 1. The molecule has 4 heterocycles. The molecule has 2 saturated heterocycles. The molecule has 2 fully saturated rings. The summed E-state index contributed by atoms with van der Waals surface area (Å²) in [6.07, 6.45) is -1.28. The van der Waals surface area contributed by atoms with E-state index >= 15 is 4.39 Å². The number of halogens is 4. The minimum Gasteiger partial charge on any atom is -0.372 e. The fourth-order valence-corrected chi connectivity index (χ4v) is 5.31. The lowest BCUT2D eigenvalue weighted by Gasteiger charge is -2.39. The molecule has 230 valence electrons. The van der Waals surface area contributed by atoms with Crippen molar-refractivity contribution in [2.24, 2.45) is 0 Å². The Balaban J connectivity index is 1.52. The number of piperazine rings is 1. The predicted molar refractivity (Wildman–Crippen MR) is 154 cm³/mol. The summed E-state index contributed by atoms with van der Waals surface area (Å²) in [5.41, 5.74) is -2.71. The Morgan fingerprint density at radius 1 is 1.12 bits per heavy atom. The number of ether oxygens (including phenoxy) is 1. The first-order valence-electron chi connectivity index (χ1n) is 13.8. The number of nitrogens with one attached hydrogen (secondary N) is 2. The Kier molecular flexibility index (Phi) is 8.18. The van der Waals surface area contributed by atoms with Crippen LogP contribution in [0.1, 0.15) is 36.7 Å². The number of aromatic nitrogens is 3. The number of likely N-dealkylation sites (N-methyl/N-ethyl adjacent to an activating group) is 1. The predicted octanol–water partition coefficient (Wildman–Crippen LogP) is 4.00. The quantitative estimate of drug-likeness (QED) is 0.422. The summed E-state index contributed by atoms with van der Waals surface area (Å²) in [7, 11) is 1.96.